The van der Waals surface area contributed by atoms with Gasteiger partial charge < -0.3 is 6.15 Å². The molecule has 0 unspecified atom stereocenters. The zero-order valence-electron chi connectivity index (χ0n) is 6.03. The summed E-state index contributed by atoms with van der Waals surface area (Å²) in [5, 5.41) is 0. The van der Waals surface area contributed by atoms with Gasteiger partial charge in [-0.2, -0.15) is 0 Å². The van der Waals surface area contributed by atoms with Crippen molar-refractivity contribution < 1.29 is 4.57 Å². The van der Waals surface area contributed by atoms with Crippen LogP contribution in [0.4, 0.5) is 0 Å². The minimum absolute atomic E-state index is 0. The number of pyridine rings is 1. The van der Waals surface area contributed by atoms with Crippen LogP contribution in [0.5, 0.6) is 0 Å². The Labute approximate surface area is 61.4 Å². The summed E-state index contributed by atoms with van der Waals surface area (Å²) in [6, 6.07) is 6.01. The number of rotatable bonds is 2. The molecular weight excluding hydrogens is 124 g/mol. The van der Waals surface area contributed by atoms with Crippen molar-refractivity contribution in [1.29, 1.82) is 0 Å². The largest absolute Gasteiger partial charge is 0.344 e. The van der Waals surface area contributed by atoms with Crippen LogP contribution < -0.4 is 10.7 Å². The molecule has 2 nitrogen and oxygen atoms in total. The third kappa shape index (κ3) is 2.42. The first-order valence-electron chi connectivity index (χ1n) is 2.98. The van der Waals surface area contributed by atoms with Crippen molar-refractivity contribution in [1.82, 2.24) is 6.15 Å². The minimum Gasteiger partial charge on any atom is -0.344 e. The molecule has 1 aromatic heterocycles. The third-order valence-corrected chi connectivity index (χ3v) is 1.12. The molecule has 0 bridgehead atoms. The topological polar surface area (TPSA) is 38.9 Å². The maximum atomic E-state index is 3.64. The van der Waals surface area contributed by atoms with E-state index in [4.69, 9.17) is 0 Å². The van der Waals surface area contributed by atoms with Gasteiger partial charge in [0.25, 0.3) is 0 Å². The molecule has 0 radical (unpaired) electrons. The Morgan fingerprint density at radius 2 is 1.80 bits per heavy atom. The summed E-state index contributed by atoms with van der Waals surface area (Å²) in [7, 11) is 0. The van der Waals surface area contributed by atoms with E-state index in [0.29, 0.717) is 0 Å². The van der Waals surface area contributed by atoms with Crippen LogP contribution in [-0.2, 0) is 6.54 Å². The summed E-state index contributed by atoms with van der Waals surface area (Å²) in [5.74, 6) is 0. The highest BCUT2D eigenvalue weighted by molar-refractivity contribution is 4.83. The van der Waals surface area contributed by atoms with Gasteiger partial charge in [0.15, 0.2) is 18.9 Å². The van der Waals surface area contributed by atoms with Crippen molar-refractivity contribution in [3.8, 4) is 0 Å². The molecule has 10 heavy (non-hydrogen) atoms. The van der Waals surface area contributed by atoms with Gasteiger partial charge in [-0.1, -0.05) is 12.6 Å². The van der Waals surface area contributed by atoms with Gasteiger partial charge in [0.1, 0.15) is 0 Å². The summed E-state index contributed by atoms with van der Waals surface area (Å²) in [6.07, 6.45) is 5.91. The Hall–Kier alpha value is -1.15. The van der Waals surface area contributed by atoms with Gasteiger partial charge in [0, 0.05) is 12.1 Å². The van der Waals surface area contributed by atoms with Crippen molar-refractivity contribution in [3.63, 3.8) is 0 Å². The number of hydrogen-bond donors (Lipinski definition) is 1. The fraction of sp³-hybridized carbons (Fsp3) is 0.125. The van der Waals surface area contributed by atoms with E-state index in [1.165, 1.54) is 0 Å². The maximum absolute atomic E-state index is 3.64. The Morgan fingerprint density at radius 1 is 1.20 bits per heavy atom. The molecule has 0 atom stereocenters. The molecule has 0 amide bonds. The standard InChI is InChI=1S/C8H10N.H3N/c1-2-6-9-7-4-3-5-8-9;/h2-5,7-8H,1,6H2;1H3/q+1;. The Bertz CT molecular complexity index is 182. The van der Waals surface area contributed by atoms with E-state index in [2.05, 4.69) is 11.1 Å². The zero-order valence-corrected chi connectivity index (χ0v) is 6.03. The summed E-state index contributed by atoms with van der Waals surface area (Å²) in [6.45, 7) is 4.52. The van der Waals surface area contributed by atoms with Gasteiger partial charge in [-0.25, -0.2) is 4.57 Å². The van der Waals surface area contributed by atoms with E-state index < -0.39 is 0 Å². The fourth-order valence-electron chi connectivity index (χ4n) is 0.705. The van der Waals surface area contributed by atoms with E-state index in [1.807, 2.05) is 36.7 Å². The number of allylic oxidation sites excluding steroid dienone is 1. The lowest BCUT2D eigenvalue weighted by Crippen LogP contribution is -2.30. The van der Waals surface area contributed by atoms with Crippen LogP contribution in [-0.4, -0.2) is 0 Å². The molecule has 0 fully saturated rings. The minimum atomic E-state index is 0. The van der Waals surface area contributed by atoms with Gasteiger partial charge in [-0.05, 0) is 6.08 Å². The van der Waals surface area contributed by atoms with E-state index in [0.717, 1.165) is 6.54 Å². The predicted octanol–water partition coefficient (Wildman–Crippen LogP) is 1.32. The maximum Gasteiger partial charge on any atom is 0.169 e. The third-order valence-electron chi connectivity index (χ3n) is 1.12. The normalized spacial score (nSPS) is 8.00. The molecule has 1 heterocycles. The fourth-order valence-corrected chi connectivity index (χ4v) is 0.705. The van der Waals surface area contributed by atoms with E-state index >= 15 is 0 Å². The molecular formula is C8H13N2+. The lowest BCUT2D eigenvalue weighted by Gasteiger charge is -1.86. The first-order valence-corrected chi connectivity index (χ1v) is 2.98. The summed E-state index contributed by atoms with van der Waals surface area (Å²) >= 11 is 0. The highest BCUT2D eigenvalue weighted by atomic mass is 14.9. The van der Waals surface area contributed by atoms with Crippen LogP contribution in [0.3, 0.4) is 0 Å². The Morgan fingerprint density at radius 3 is 2.30 bits per heavy atom. The van der Waals surface area contributed by atoms with Crippen LogP contribution in [0.1, 0.15) is 0 Å². The molecule has 0 aliphatic rings. The molecule has 2 heteroatoms. The highest BCUT2D eigenvalue weighted by Gasteiger charge is 1.88. The first-order chi connectivity index (χ1) is 4.43. The van der Waals surface area contributed by atoms with Crippen molar-refractivity contribution >= 4 is 0 Å². The van der Waals surface area contributed by atoms with E-state index in [1.54, 1.807) is 0 Å². The van der Waals surface area contributed by atoms with Gasteiger partial charge in [0.2, 0.25) is 0 Å². The molecule has 1 aromatic rings. The van der Waals surface area contributed by atoms with Crippen molar-refractivity contribution in [2.45, 2.75) is 6.54 Å². The Balaban J connectivity index is 0.000000810. The average molecular weight is 137 g/mol. The second-order valence-electron chi connectivity index (χ2n) is 1.86. The Kier molecular flexibility index (Phi) is 4.16. The van der Waals surface area contributed by atoms with Crippen LogP contribution >= 0.6 is 0 Å². The smallest absolute Gasteiger partial charge is 0.169 e. The first kappa shape index (κ1) is 8.85. The highest BCUT2D eigenvalue weighted by Crippen LogP contribution is 1.75. The second kappa shape index (κ2) is 4.70. The molecule has 54 valence electrons. The summed E-state index contributed by atoms with van der Waals surface area (Å²) in [5.41, 5.74) is 0. The van der Waals surface area contributed by atoms with Gasteiger partial charge in [0.05, 0.1) is 0 Å². The quantitative estimate of drug-likeness (QED) is 0.484. The molecule has 0 aliphatic heterocycles. The predicted molar refractivity (Wildman–Crippen MR) is 41.9 cm³/mol. The van der Waals surface area contributed by atoms with E-state index in [-0.39, 0.29) is 6.15 Å². The summed E-state index contributed by atoms with van der Waals surface area (Å²) in [4.78, 5) is 0. The van der Waals surface area contributed by atoms with Crippen molar-refractivity contribution in [3.05, 3.63) is 43.2 Å². The van der Waals surface area contributed by atoms with Crippen molar-refractivity contribution in [2.75, 3.05) is 0 Å². The van der Waals surface area contributed by atoms with Crippen LogP contribution in [0.2, 0.25) is 0 Å². The van der Waals surface area contributed by atoms with Crippen molar-refractivity contribution in [2.24, 2.45) is 0 Å². The average Bonchev–Trinajstić information content (AvgIpc) is 1.91. The molecule has 0 aliphatic carbocycles. The lowest BCUT2D eigenvalue weighted by atomic mass is 10.5. The number of aromatic nitrogens is 1. The summed E-state index contributed by atoms with van der Waals surface area (Å²) < 4.78 is 2.06. The van der Waals surface area contributed by atoms with E-state index in [9.17, 15) is 0 Å². The molecule has 0 aromatic carbocycles. The zero-order chi connectivity index (χ0) is 6.53. The number of hydrogen-bond acceptors (Lipinski definition) is 1. The van der Waals surface area contributed by atoms with Crippen LogP contribution in [0.25, 0.3) is 0 Å². The second-order valence-corrected chi connectivity index (χ2v) is 1.86. The molecule has 0 saturated heterocycles. The van der Waals surface area contributed by atoms with Gasteiger partial charge in [-0.3, -0.25) is 0 Å². The molecule has 0 spiro atoms. The lowest BCUT2D eigenvalue weighted by molar-refractivity contribution is -0.687. The van der Waals surface area contributed by atoms with Gasteiger partial charge >= 0.3 is 0 Å². The number of nitrogens with zero attached hydrogens (tertiary/aromatic N) is 1. The SMILES string of the molecule is C=CC[n+]1ccccc1.N. The molecule has 3 N–H and O–H groups in total. The molecule has 0 saturated carbocycles. The van der Waals surface area contributed by atoms with Gasteiger partial charge in [-0.15, -0.1) is 0 Å². The monoisotopic (exact) mass is 137 g/mol. The molecule has 1 rings (SSSR count). The van der Waals surface area contributed by atoms with Crippen LogP contribution in [0.15, 0.2) is 43.2 Å². The van der Waals surface area contributed by atoms with Crippen LogP contribution in [0, 0.1) is 0 Å².